The number of benzene rings is 2. The van der Waals surface area contributed by atoms with E-state index in [-0.39, 0.29) is 0 Å². The minimum atomic E-state index is 0.681. The molecule has 0 aromatic heterocycles. The second kappa shape index (κ2) is 6.73. The van der Waals surface area contributed by atoms with Crippen molar-refractivity contribution < 1.29 is 4.74 Å². The Bertz CT molecular complexity index is 611. The van der Waals surface area contributed by atoms with Gasteiger partial charge in [-0.1, -0.05) is 29.4 Å². The summed E-state index contributed by atoms with van der Waals surface area (Å²) in [5, 5.41) is 4.38. The van der Waals surface area contributed by atoms with Crippen LogP contribution < -0.4 is 10.1 Å². The van der Waals surface area contributed by atoms with Gasteiger partial charge in [-0.15, -0.1) is 0 Å². The fraction of sp³-hybridized carbons (Fsp3) is 0.294. The normalized spacial score (nSPS) is 14.2. The van der Waals surface area contributed by atoms with E-state index in [0.29, 0.717) is 6.04 Å². The summed E-state index contributed by atoms with van der Waals surface area (Å²) in [6, 6.07) is 14.9. The second-order valence-electron chi connectivity index (χ2n) is 5.15. The number of halogens is 1. The van der Waals surface area contributed by atoms with E-state index >= 15 is 0 Å². The minimum absolute atomic E-state index is 0.681. The number of ether oxygens (including phenoxy) is 1. The maximum Gasteiger partial charge on any atom is 0.118 e. The second-order valence-corrected chi connectivity index (χ2v) is 6.67. The van der Waals surface area contributed by atoms with Crippen molar-refractivity contribution in [2.45, 2.75) is 35.2 Å². The number of nitrogens with one attached hydrogen (secondary N) is 1. The van der Waals surface area contributed by atoms with E-state index < -0.39 is 0 Å². The molecule has 1 saturated carbocycles. The summed E-state index contributed by atoms with van der Waals surface area (Å²) in [4.78, 5) is 2.39. The molecule has 3 rings (SSSR count). The van der Waals surface area contributed by atoms with E-state index in [4.69, 9.17) is 16.3 Å². The molecule has 0 atom stereocenters. The standard InChI is InChI=1S/C17H18ClNOS/c1-20-13-7-9-14(10-8-13)21-17-4-2-3-16(18)15(17)11-19-12-5-6-12/h2-4,7-10,12,19H,5-6,11H2,1H3. The molecule has 1 aliphatic rings. The van der Waals surface area contributed by atoms with Crippen molar-refractivity contribution in [2.24, 2.45) is 0 Å². The third-order valence-electron chi connectivity index (χ3n) is 3.51. The van der Waals surface area contributed by atoms with Crippen LogP contribution in [0.3, 0.4) is 0 Å². The first-order chi connectivity index (χ1) is 10.3. The molecule has 110 valence electrons. The lowest BCUT2D eigenvalue weighted by molar-refractivity contribution is 0.414. The largest absolute Gasteiger partial charge is 0.497 e. The molecule has 0 bridgehead atoms. The first-order valence-corrected chi connectivity index (χ1v) is 8.28. The fourth-order valence-electron chi connectivity index (χ4n) is 2.11. The fourth-order valence-corrected chi connectivity index (χ4v) is 3.39. The number of hydrogen-bond acceptors (Lipinski definition) is 3. The number of hydrogen-bond donors (Lipinski definition) is 1. The Labute approximate surface area is 134 Å². The Kier molecular flexibility index (Phi) is 4.73. The maximum atomic E-state index is 6.37. The molecule has 2 aromatic carbocycles. The zero-order valence-electron chi connectivity index (χ0n) is 11.9. The average Bonchev–Trinajstić information content (AvgIpc) is 3.32. The third-order valence-corrected chi connectivity index (χ3v) is 4.97. The Hall–Kier alpha value is -1.16. The van der Waals surface area contributed by atoms with E-state index in [1.807, 2.05) is 24.3 Å². The van der Waals surface area contributed by atoms with Gasteiger partial charge in [0.05, 0.1) is 7.11 Å². The molecule has 0 saturated heterocycles. The summed E-state index contributed by atoms with van der Waals surface area (Å²) in [5.41, 5.74) is 1.19. The van der Waals surface area contributed by atoms with Gasteiger partial charge in [-0.05, 0) is 54.8 Å². The van der Waals surface area contributed by atoms with Crippen LogP contribution in [0.5, 0.6) is 5.75 Å². The minimum Gasteiger partial charge on any atom is -0.497 e. The lowest BCUT2D eigenvalue weighted by atomic mass is 10.2. The van der Waals surface area contributed by atoms with E-state index in [0.717, 1.165) is 17.3 Å². The lowest BCUT2D eigenvalue weighted by Gasteiger charge is -2.12. The predicted molar refractivity (Wildman–Crippen MR) is 88.4 cm³/mol. The molecule has 2 aromatic rings. The van der Waals surface area contributed by atoms with Crippen molar-refractivity contribution in [3.05, 3.63) is 53.1 Å². The van der Waals surface area contributed by atoms with Crippen molar-refractivity contribution in [1.29, 1.82) is 0 Å². The van der Waals surface area contributed by atoms with E-state index in [1.165, 1.54) is 28.2 Å². The first kappa shape index (κ1) is 14.8. The maximum absolute atomic E-state index is 6.37. The highest BCUT2D eigenvalue weighted by atomic mass is 35.5. The van der Waals surface area contributed by atoms with Gasteiger partial charge in [-0.25, -0.2) is 0 Å². The number of methoxy groups -OCH3 is 1. The van der Waals surface area contributed by atoms with Crippen molar-refractivity contribution >= 4 is 23.4 Å². The highest BCUT2D eigenvalue weighted by Gasteiger charge is 2.21. The highest BCUT2D eigenvalue weighted by Crippen LogP contribution is 2.35. The van der Waals surface area contributed by atoms with Crippen LogP contribution in [0.4, 0.5) is 0 Å². The van der Waals surface area contributed by atoms with Crippen molar-refractivity contribution in [3.8, 4) is 5.75 Å². The Morgan fingerprint density at radius 3 is 2.62 bits per heavy atom. The zero-order chi connectivity index (χ0) is 14.7. The molecule has 0 amide bonds. The molecule has 2 nitrogen and oxygen atoms in total. The molecule has 0 aliphatic heterocycles. The molecule has 0 spiro atoms. The predicted octanol–water partition coefficient (Wildman–Crippen LogP) is 4.75. The topological polar surface area (TPSA) is 21.3 Å². The Morgan fingerprint density at radius 2 is 1.95 bits per heavy atom. The molecule has 1 fully saturated rings. The van der Waals surface area contributed by atoms with Crippen LogP contribution in [0, 0.1) is 0 Å². The summed E-state index contributed by atoms with van der Waals surface area (Å²) in [7, 11) is 1.68. The molecule has 0 radical (unpaired) electrons. The van der Waals surface area contributed by atoms with Crippen LogP contribution in [-0.2, 0) is 6.54 Å². The zero-order valence-corrected chi connectivity index (χ0v) is 13.5. The van der Waals surface area contributed by atoms with Crippen LogP contribution in [0.25, 0.3) is 0 Å². The molecule has 21 heavy (non-hydrogen) atoms. The Balaban J connectivity index is 1.77. The molecule has 1 N–H and O–H groups in total. The molecule has 0 heterocycles. The third kappa shape index (κ3) is 3.94. The summed E-state index contributed by atoms with van der Waals surface area (Å²) in [5.74, 6) is 0.876. The van der Waals surface area contributed by atoms with E-state index in [9.17, 15) is 0 Å². The summed E-state index contributed by atoms with van der Waals surface area (Å²) in [6.45, 7) is 0.836. The van der Waals surface area contributed by atoms with Gasteiger partial charge in [0.1, 0.15) is 5.75 Å². The molecular formula is C17H18ClNOS. The van der Waals surface area contributed by atoms with Gasteiger partial charge in [0, 0.05) is 27.4 Å². The summed E-state index contributed by atoms with van der Waals surface area (Å²) < 4.78 is 5.19. The summed E-state index contributed by atoms with van der Waals surface area (Å²) >= 11 is 8.11. The van der Waals surface area contributed by atoms with Gasteiger partial charge in [0.25, 0.3) is 0 Å². The average molecular weight is 320 g/mol. The van der Waals surface area contributed by atoms with Crippen LogP contribution in [0.1, 0.15) is 18.4 Å². The van der Waals surface area contributed by atoms with Crippen molar-refractivity contribution in [2.75, 3.05) is 7.11 Å². The molecule has 0 unspecified atom stereocenters. The molecule has 1 aliphatic carbocycles. The Morgan fingerprint density at radius 1 is 1.19 bits per heavy atom. The van der Waals surface area contributed by atoms with Gasteiger partial charge in [0.15, 0.2) is 0 Å². The van der Waals surface area contributed by atoms with Crippen molar-refractivity contribution in [1.82, 2.24) is 5.32 Å². The van der Waals surface area contributed by atoms with Crippen LogP contribution in [-0.4, -0.2) is 13.2 Å². The highest BCUT2D eigenvalue weighted by molar-refractivity contribution is 7.99. The van der Waals surface area contributed by atoms with Gasteiger partial charge in [-0.2, -0.15) is 0 Å². The monoisotopic (exact) mass is 319 g/mol. The van der Waals surface area contributed by atoms with Crippen molar-refractivity contribution in [3.63, 3.8) is 0 Å². The smallest absolute Gasteiger partial charge is 0.118 e. The van der Waals surface area contributed by atoms with Gasteiger partial charge in [0.2, 0.25) is 0 Å². The first-order valence-electron chi connectivity index (χ1n) is 7.09. The molecular weight excluding hydrogens is 302 g/mol. The van der Waals surface area contributed by atoms with Crippen LogP contribution in [0.15, 0.2) is 52.3 Å². The SMILES string of the molecule is COc1ccc(Sc2cccc(Cl)c2CNC2CC2)cc1. The van der Waals surface area contributed by atoms with Crippen LogP contribution in [0.2, 0.25) is 5.02 Å². The van der Waals surface area contributed by atoms with Gasteiger partial charge in [-0.3, -0.25) is 0 Å². The summed E-state index contributed by atoms with van der Waals surface area (Å²) in [6.07, 6.45) is 2.57. The lowest BCUT2D eigenvalue weighted by Crippen LogP contribution is -2.16. The van der Waals surface area contributed by atoms with Gasteiger partial charge >= 0.3 is 0 Å². The quantitative estimate of drug-likeness (QED) is 0.830. The van der Waals surface area contributed by atoms with E-state index in [2.05, 4.69) is 23.5 Å². The van der Waals surface area contributed by atoms with E-state index in [1.54, 1.807) is 18.9 Å². The number of rotatable bonds is 6. The van der Waals surface area contributed by atoms with Crippen LogP contribution >= 0.6 is 23.4 Å². The van der Waals surface area contributed by atoms with Gasteiger partial charge < -0.3 is 10.1 Å². The molecule has 4 heteroatoms.